The number of hydrogen-bond donors (Lipinski definition) is 2. The van der Waals surface area contributed by atoms with Crippen LogP contribution in [0.4, 0.5) is 0 Å². The van der Waals surface area contributed by atoms with E-state index in [1.54, 1.807) is 12.2 Å². The van der Waals surface area contributed by atoms with E-state index >= 15 is 0 Å². The number of hydrogen-bond acceptors (Lipinski definition) is 4. The molecule has 3 atom stereocenters. The first-order valence-corrected chi connectivity index (χ1v) is 3.43. The molecule has 1 aliphatic rings. The number of methoxy groups -OCH3 is 1. The van der Waals surface area contributed by atoms with Gasteiger partial charge in [0.2, 0.25) is 0 Å². The zero-order valence-corrected chi connectivity index (χ0v) is 6.30. The predicted molar refractivity (Wildman–Crippen MR) is 37.9 cm³/mol. The lowest BCUT2D eigenvalue weighted by molar-refractivity contribution is -0.195. The fourth-order valence-electron chi connectivity index (χ4n) is 0.925. The Morgan fingerprint density at radius 2 is 2.27 bits per heavy atom. The summed E-state index contributed by atoms with van der Waals surface area (Å²) in [5.41, 5.74) is 0. The average molecular weight is 160 g/mol. The van der Waals surface area contributed by atoms with Crippen molar-refractivity contribution in [2.24, 2.45) is 0 Å². The van der Waals surface area contributed by atoms with Crippen LogP contribution in [0.15, 0.2) is 12.2 Å². The summed E-state index contributed by atoms with van der Waals surface area (Å²) in [6.07, 6.45) is 1.42. The first-order valence-electron chi connectivity index (χ1n) is 3.43. The third-order valence-corrected chi connectivity index (χ3v) is 1.52. The highest BCUT2D eigenvalue weighted by Crippen LogP contribution is 2.12. The maximum Gasteiger partial charge on any atom is 0.187 e. The fourth-order valence-corrected chi connectivity index (χ4v) is 0.925. The van der Waals surface area contributed by atoms with E-state index in [4.69, 9.17) is 19.7 Å². The van der Waals surface area contributed by atoms with Gasteiger partial charge in [-0.25, -0.2) is 0 Å². The molecule has 0 aromatic carbocycles. The van der Waals surface area contributed by atoms with Gasteiger partial charge in [-0.3, -0.25) is 0 Å². The van der Waals surface area contributed by atoms with Crippen LogP contribution in [0.2, 0.25) is 0 Å². The molecular weight excluding hydrogens is 148 g/mol. The highest BCUT2D eigenvalue weighted by Gasteiger charge is 2.24. The van der Waals surface area contributed by atoms with Crippen LogP contribution in [0, 0.1) is 0 Å². The van der Waals surface area contributed by atoms with Gasteiger partial charge in [0, 0.05) is 7.11 Å². The number of aliphatic hydroxyl groups excluding tert-OH is 2. The van der Waals surface area contributed by atoms with E-state index in [-0.39, 0.29) is 12.7 Å². The minimum Gasteiger partial charge on any atom is -0.393 e. The lowest BCUT2D eigenvalue weighted by Crippen LogP contribution is -2.37. The Morgan fingerprint density at radius 1 is 1.55 bits per heavy atom. The molecule has 0 bridgehead atoms. The van der Waals surface area contributed by atoms with E-state index < -0.39 is 12.4 Å². The van der Waals surface area contributed by atoms with Gasteiger partial charge in [-0.15, -0.1) is 0 Å². The Balaban J connectivity index is 2.52. The zero-order chi connectivity index (χ0) is 8.27. The molecule has 64 valence electrons. The van der Waals surface area contributed by atoms with Crippen molar-refractivity contribution in [2.75, 3.05) is 13.7 Å². The summed E-state index contributed by atoms with van der Waals surface area (Å²) in [5.74, 6) is 0. The van der Waals surface area contributed by atoms with Crippen molar-refractivity contribution in [3.63, 3.8) is 0 Å². The molecule has 0 aliphatic carbocycles. The van der Waals surface area contributed by atoms with E-state index in [2.05, 4.69) is 0 Å². The van der Waals surface area contributed by atoms with E-state index in [0.717, 1.165) is 0 Å². The Labute approximate surface area is 65.0 Å². The number of ether oxygens (including phenoxy) is 2. The summed E-state index contributed by atoms with van der Waals surface area (Å²) in [4.78, 5) is 0. The Hall–Kier alpha value is -0.420. The standard InChI is InChI=1S/C7H12O4/c1-10-7-6(9)3-2-5(4-8)11-7/h2-3,5-9H,4H2,1H3/t5-,6+,7-/m0/s1. The molecule has 0 spiro atoms. The normalized spacial score (nSPS) is 37.5. The second-order valence-electron chi connectivity index (χ2n) is 2.34. The monoisotopic (exact) mass is 160 g/mol. The summed E-state index contributed by atoms with van der Waals surface area (Å²) in [6, 6.07) is 0. The largest absolute Gasteiger partial charge is 0.393 e. The minimum absolute atomic E-state index is 0.0942. The fraction of sp³-hybridized carbons (Fsp3) is 0.714. The van der Waals surface area contributed by atoms with Crippen molar-refractivity contribution in [3.05, 3.63) is 12.2 Å². The van der Waals surface area contributed by atoms with Gasteiger partial charge in [0.25, 0.3) is 0 Å². The topological polar surface area (TPSA) is 58.9 Å². The van der Waals surface area contributed by atoms with Crippen molar-refractivity contribution in [3.8, 4) is 0 Å². The summed E-state index contributed by atoms with van der Waals surface area (Å²) in [5, 5.41) is 17.8. The quantitative estimate of drug-likeness (QED) is 0.523. The van der Waals surface area contributed by atoms with Crippen LogP contribution in [0.25, 0.3) is 0 Å². The molecule has 1 aliphatic heterocycles. The first kappa shape index (κ1) is 8.67. The SMILES string of the molecule is CO[C@H]1O[C@H](CO)C=C[C@H]1O. The third-order valence-electron chi connectivity index (χ3n) is 1.52. The lowest BCUT2D eigenvalue weighted by atomic mass is 10.2. The molecule has 0 radical (unpaired) electrons. The molecule has 2 N–H and O–H groups in total. The van der Waals surface area contributed by atoms with Crippen LogP contribution < -0.4 is 0 Å². The van der Waals surface area contributed by atoms with Gasteiger partial charge in [0.15, 0.2) is 6.29 Å². The van der Waals surface area contributed by atoms with E-state index in [1.165, 1.54) is 7.11 Å². The molecule has 11 heavy (non-hydrogen) atoms. The van der Waals surface area contributed by atoms with Gasteiger partial charge in [-0.2, -0.15) is 0 Å². The molecule has 1 rings (SSSR count). The van der Waals surface area contributed by atoms with Gasteiger partial charge in [0.05, 0.1) is 6.61 Å². The average Bonchev–Trinajstić information content (AvgIpc) is 2.05. The van der Waals surface area contributed by atoms with Crippen molar-refractivity contribution in [2.45, 2.75) is 18.5 Å². The van der Waals surface area contributed by atoms with Crippen molar-refractivity contribution < 1.29 is 19.7 Å². The van der Waals surface area contributed by atoms with Crippen molar-refractivity contribution in [1.29, 1.82) is 0 Å². The van der Waals surface area contributed by atoms with Gasteiger partial charge in [-0.05, 0) is 0 Å². The predicted octanol–water partition coefficient (Wildman–Crippen LogP) is -0.733. The molecule has 0 unspecified atom stereocenters. The van der Waals surface area contributed by atoms with Gasteiger partial charge >= 0.3 is 0 Å². The highest BCUT2D eigenvalue weighted by molar-refractivity contribution is 4.99. The third kappa shape index (κ3) is 2.00. The second-order valence-corrected chi connectivity index (χ2v) is 2.34. The molecule has 0 saturated carbocycles. The first-order chi connectivity index (χ1) is 5.27. The molecule has 4 nitrogen and oxygen atoms in total. The van der Waals surface area contributed by atoms with Crippen LogP contribution >= 0.6 is 0 Å². The van der Waals surface area contributed by atoms with Crippen LogP contribution in [0.5, 0.6) is 0 Å². The molecule has 0 saturated heterocycles. The Bertz CT molecular complexity index is 145. The van der Waals surface area contributed by atoms with Crippen molar-refractivity contribution >= 4 is 0 Å². The number of rotatable bonds is 2. The van der Waals surface area contributed by atoms with E-state index in [1.807, 2.05) is 0 Å². The zero-order valence-electron chi connectivity index (χ0n) is 6.30. The molecule has 1 heterocycles. The summed E-state index contributed by atoms with van der Waals surface area (Å²) < 4.78 is 9.89. The molecule has 0 aromatic rings. The maximum absolute atomic E-state index is 9.16. The second kappa shape index (κ2) is 3.82. The van der Waals surface area contributed by atoms with Gasteiger partial charge < -0.3 is 19.7 Å². The summed E-state index contributed by atoms with van der Waals surface area (Å²) >= 11 is 0. The van der Waals surface area contributed by atoms with E-state index in [9.17, 15) is 0 Å². The van der Waals surface area contributed by atoms with Crippen LogP contribution in [-0.2, 0) is 9.47 Å². The molecule has 0 amide bonds. The Morgan fingerprint density at radius 3 is 2.82 bits per heavy atom. The van der Waals surface area contributed by atoms with Gasteiger partial charge in [0.1, 0.15) is 12.2 Å². The number of aliphatic hydroxyl groups is 2. The molecule has 4 heteroatoms. The Kier molecular flexibility index (Phi) is 3.02. The van der Waals surface area contributed by atoms with Gasteiger partial charge in [-0.1, -0.05) is 12.2 Å². The van der Waals surface area contributed by atoms with E-state index in [0.29, 0.717) is 0 Å². The highest BCUT2D eigenvalue weighted by atomic mass is 16.7. The molecular formula is C7H12O4. The summed E-state index contributed by atoms with van der Waals surface area (Å²) in [7, 11) is 1.45. The minimum atomic E-state index is -0.734. The lowest BCUT2D eigenvalue weighted by Gasteiger charge is -2.27. The van der Waals surface area contributed by atoms with Crippen molar-refractivity contribution in [1.82, 2.24) is 0 Å². The van der Waals surface area contributed by atoms with Crippen LogP contribution in [0.3, 0.4) is 0 Å². The van der Waals surface area contributed by atoms with Crippen LogP contribution in [0.1, 0.15) is 0 Å². The maximum atomic E-state index is 9.16. The molecule has 0 fully saturated rings. The van der Waals surface area contributed by atoms with Crippen LogP contribution in [-0.4, -0.2) is 42.4 Å². The smallest absolute Gasteiger partial charge is 0.187 e. The summed E-state index contributed by atoms with van der Waals surface area (Å²) in [6.45, 7) is -0.0942. The molecule has 0 aromatic heterocycles.